The van der Waals surface area contributed by atoms with Crippen molar-refractivity contribution in [2.45, 2.75) is 32.6 Å². The predicted octanol–water partition coefficient (Wildman–Crippen LogP) is 3.40. The highest BCUT2D eigenvalue weighted by Crippen LogP contribution is 2.22. The van der Waals surface area contributed by atoms with Gasteiger partial charge in [0.1, 0.15) is 0 Å². The molecular formula is C16H24ClIN4O. The van der Waals surface area contributed by atoms with Crippen molar-refractivity contribution in [1.29, 1.82) is 0 Å². The number of hydrogen-bond acceptors (Lipinski definition) is 2. The number of amides is 1. The van der Waals surface area contributed by atoms with Gasteiger partial charge in [-0.2, -0.15) is 0 Å². The molecule has 1 aliphatic rings. The van der Waals surface area contributed by atoms with E-state index >= 15 is 0 Å². The average molecular weight is 451 g/mol. The molecule has 5 nitrogen and oxygen atoms in total. The van der Waals surface area contributed by atoms with Crippen LogP contribution in [0.25, 0.3) is 0 Å². The Morgan fingerprint density at radius 1 is 1.35 bits per heavy atom. The van der Waals surface area contributed by atoms with Gasteiger partial charge in [0.05, 0.1) is 17.3 Å². The first-order valence-corrected chi connectivity index (χ1v) is 8.05. The molecule has 0 atom stereocenters. The SMILES string of the molecule is Cc1ccc(NC(=O)CCN=C(N)N2CCCCC2)c(Cl)c1.I. The van der Waals surface area contributed by atoms with Crippen LogP contribution in [0.1, 0.15) is 31.2 Å². The highest BCUT2D eigenvalue weighted by molar-refractivity contribution is 14.0. The Morgan fingerprint density at radius 2 is 2.04 bits per heavy atom. The minimum absolute atomic E-state index is 0. The minimum Gasteiger partial charge on any atom is -0.370 e. The number of nitrogens with zero attached hydrogens (tertiary/aromatic N) is 2. The molecule has 0 saturated carbocycles. The van der Waals surface area contributed by atoms with Gasteiger partial charge in [-0.3, -0.25) is 9.79 Å². The molecule has 7 heteroatoms. The van der Waals surface area contributed by atoms with Crippen LogP contribution in [0.15, 0.2) is 23.2 Å². The fourth-order valence-corrected chi connectivity index (χ4v) is 2.71. The number of piperidine rings is 1. The molecule has 1 heterocycles. The topological polar surface area (TPSA) is 70.7 Å². The highest BCUT2D eigenvalue weighted by Gasteiger charge is 2.12. The molecule has 0 aromatic heterocycles. The number of nitrogens with two attached hydrogens (primary N) is 1. The maximum Gasteiger partial charge on any atom is 0.226 e. The lowest BCUT2D eigenvalue weighted by Gasteiger charge is -2.27. The molecule has 0 aliphatic carbocycles. The van der Waals surface area contributed by atoms with E-state index in [4.69, 9.17) is 17.3 Å². The Balaban J connectivity index is 0.00000264. The van der Waals surface area contributed by atoms with Crippen LogP contribution in [-0.2, 0) is 4.79 Å². The molecule has 0 bridgehead atoms. The summed E-state index contributed by atoms with van der Waals surface area (Å²) < 4.78 is 0. The number of aliphatic imine (C=N–C) groups is 1. The van der Waals surface area contributed by atoms with Gasteiger partial charge < -0.3 is 16.0 Å². The van der Waals surface area contributed by atoms with E-state index in [-0.39, 0.29) is 29.9 Å². The number of aryl methyl sites for hydroxylation is 1. The third-order valence-corrected chi connectivity index (χ3v) is 4.00. The Labute approximate surface area is 159 Å². The number of carbonyl (C=O) groups is 1. The molecule has 0 radical (unpaired) electrons. The van der Waals surface area contributed by atoms with Crippen LogP contribution in [0.2, 0.25) is 5.02 Å². The van der Waals surface area contributed by atoms with Gasteiger partial charge in [-0.25, -0.2) is 0 Å². The fourth-order valence-electron chi connectivity index (χ4n) is 2.43. The van der Waals surface area contributed by atoms with Crippen molar-refractivity contribution in [3.63, 3.8) is 0 Å². The van der Waals surface area contributed by atoms with Gasteiger partial charge in [-0.15, -0.1) is 24.0 Å². The molecule has 2 rings (SSSR count). The molecule has 1 aromatic carbocycles. The molecule has 1 fully saturated rings. The summed E-state index contributed by atoms with van der Waals surface area (Å²) >= 11 is 6.09. The summed E-state index contributed by atoms with van der Waals surface area (Å²) in [7, 11) is 0. The highest BCUT2D eigenvalue weighted by atomic mass is 127. The van der Waals surface area contributed by atoms with Crippen LogP contribution in [-0.4, -0.2) is 36.4 Å². The van der Waals surface area contributed by atoms with Crippen molar-refractivity contribution >= 4 is 53.1 Å². The van der Waals surface area contributed by atoms with Crippen LogP contribution in [0, 0.1) is 6.92 Å². The van der Waals surface area contributed by atoms with E-state index in [0.717, 1.165) is 31.5 Å². The van der Waals surface area contributed by atoms with Crippen molar-refractivity contribution < 1.29 is 4.79 Å². The molecule has 23 heavy (non-hydrogen) atoms. The largest absolute Gasteiger partial charge is 0.370 e. The van der Waals surface area contributed by atoms with Gasteiger partial charge in [0.25, 0.3) is 0 Å². The molecule has 128 valence electrons. The normalized spacial score (nSPS) is 15.0. The Hall–Kier alpha value is -1.02. The predicted molar refractivity (Wildman–Crippen MR) is 107 cm³/mol. The lowest BCUT2D eigenvalue weighted by molar-refractivity contribution is -0.116. The maximum atomic E-state index is 11.9. The molecule has 0 spiro atoms. The third kappa shape index (κ3) is 6.55. The molecule has 1 aromatic rings. The summed E-state index contributed by atoms with van der Waals surface area (Å²) in [6.45, 7) is 4.26. The first-order chi connectivity index (χ1) is 10.6. The summed E-state index contributed by atoms with van der Waals surface area (Å²) in [4.78, 5) is 18.3. The van der Waals surface area contributed by atoms with Gasteiger partial charge in [0, 0.05) is 19.5 Å². The number of nitrogens with one attached hydrogen (secondary N) is 1. The monoisotopic (exact) mass is 450 g/mol. The smallest absolute Gasteiger partial charge is 0.226 e. The first kappa shape index (κ1) is 20.0. The Kier molecular flexibility index (Phi) is 8.68. The second kappa shape index (κ2) is 9.97. The van der Waals surface area contributed by atoms with Crippen LogP contribution in [0.5, 0.6) is 0 Å². The van der Waals surface area contributed by atoms with Crippen LogP contribution >= 0.6 is 35.6 Å². The van der Waals surface area contributed by atoms with Gasteiger partial charge in [-0.05, 0) is 43.9 Å². The van der Waals surface area contributed by atoms with E-state index in [0.29, 0.717) is 29.6 Å². The Bertz CT molecular complexity index is 559. The second-order valence-corrected chi connectivity index (χ2v) is 5.98. The van der Waals surface area contributed by atoms with E-state index in [2.05, 4.69) is 15.2 Å². The van der Waals surface area contributed by atoms with Crippen LogP contribution < -0.4 is 11.1 Å². The quantitative estimate of drug-likeness (QED) is 0.420. The van der Waals surface area contributed by atoms with Crippen molar-refractivity contribution in [2.75, 3.05) is 25.0 Å². The van der Waals surface area contributed by atoms with Crippen molar-refractivity contribution in [3.05, 3.63) is 28.8 Å². The zero-order valence-corrected chi connectivity index (χ0v) is 16.4. The number of likely N-dealkylation sites (tertiary alicyclic amines) is 1. The molecule has 3 N–H and O–H groups in total. The molecule has 1 amide bonds. The van der Waals surface area contributed by atoms with E-state index in [1.807, 2.05) is 19.1 Å². The molecular weight excluding hydrogens is 427 g/mol. The number of carbonyl (C=O) groups excluding carboxylic acids is 1. The number of halogens is 2. The zero-order valence-electron chi connectivity index (χ0n) is 13.3. The third-order valence-electron chi connectivity index (χ3n) is 3.69. The first-order valence-electron chi connectivity index (χ1n) is 7.67. The standard InChI is InChI=1S/C16H23ClN4O.HI/c1-12-5-6-14(13(17)11-12)20-15(22)7-8-19-16(18)21-9-3-2-4-10-21;/h5-6,11H,2-4,7-10H2,1H3,(H2,18,19)(H,20,22);1H. The number of rotatable bonds is 4. The number of benzene rings is 1. The van der Waals surface area contributed by atoms with Gasteiger partial charge >= 0.3 is 0 Å². The molecule has 1 aliphatic heterocycles. The van der Waals surface area contributed by atoms with E-state index in [9.17, 15) is 4.79 Å². The lowest BCUT2D eigenvalue weighted by Crippen LogP contribution is -2.41. The van der Waals surface area contributed by atoms with E-state index in [1.165, 1.54) is 6.42 Å². The van der Waals surface area contributed by atoms with Crippen molar-refractivity contribution in [3.8, 4) is 0 Å². The number of anilines is 1. The summed E-state index contributed by atoms with van der Waals surface area (Å²) in [6, 6.07) is 5.54. The van der Waals surface area contributed by atoms with E-state index < -0.39 is 0 Å². The number of guanidine groups is 1. The van der Waals surface area contributed by atoms with Crippen molar-refractivity contribution in [2.24, 2.45) is 10.7 Å². The van der Waals surface area contributed by atoms with E-state index in [1.54, 1.807) is 6.07 Å². The fraction of sp³-hybridized carbons (Fsp3) is 0.500. The van der Waals surface area contributed by atoms with Crippen LogP contribution in [0.4, 0.5) is 5.69 Å². The summed E-state index contributed by atoms with van der Waals surface area (Å²) in [5.74, 6) is 0.432. The lowest BCUT2D eigenvalue weighted by atomic mass is 10.1. The summed E-state index contributed by atoms with van der Waals surface area (Å²) in [6.07, 6.45) is 3.85. The van der Waals surface area contributed by atoms with Gasteiger partial charge in [-0.1, -0.05) is 17.7 Å². The average Bonchev–Trinajstić information content (AvgIpc) is 2.51. The van der Waals surface area contributed by atoms with Gasteiger partial charge in [0.15, 0.2) is 5.96 Å². The molecule has 0 unspecified atom stereocenters. The Morgan fingerprint density at radius 3 is 2.70 bits per heavy atom. The maximum absolute atomic E-state index is 11.9. The van der Waals surface area contributed by atoms with Crippen molar-refractivity contribution in [1.82, 2.24) is 4.90 Å². The summed E-state index contributed by atoms with van der Waals surface area (Å²) in [5.41, 5.74) is 7.64. The van der Waals surface area contributed by atoms with Gasteiger partial charge in [0.2, 0.25) is 5.91 Å². The van der Waals surface area contributed by atoms with Crippen LogP contribution in [0.3, 0.4) is 0 Å². The summed E-state index contributed by atoms with van der Waals surface area (Å²) in [5, 5.41) is 3.34. The minimum atomic E-state index is -0.110. The second-order valence-electron chi connectivity index (χ2n) is 5.57. The number of hydrogen-bond donors (Lipinski definition) is 2. The molecule has 1 saturated heterocycles. The zero-order chi connectivity index (χ0) is 15.9.